The molecule has 0 rings (SSSR count). The number of esters is 1. The molecule has 0 aromatic heterocycles. The van der Waals surface area contributed by atoms with Crippen molar-refractivity contribution >= 4 is 5.97 Å². The minimum Gasteiger partial charge on any atom is -0.457 e. The van der Waals surface area contributed by atoms with Crippen LogP contribution in [0.2, 0.25) is 0 Å². The standard InChI is InChI=1S/C39H70O4/c1-3-5-7-9-11-13-15-17-18-19-20-21-23-25-27-29-31-33-35-42-37-38(36-40)43-39(41)34-32-30-28-26-24-22-16-14-12-10-8-6-4-2/h5,7,11,13-14,16-18,38,40H,3-4,6,8-10,12,15,19-37H2,1-2H3/b7-5-,13-11-,16-14-,18-17-. The minimum absolute atomic E-state index is 0.179. The second-order valence-electron chi connectivity index (χ2n) is 11.9. The first-order chi connectivity index (χ1) is 21.2. The third-order valence-electron chi connectivity index (χ3n) is 7.64. The molecule has 1 atom stereocenters. The number of aliphatic hydroxyl groups excluding tert-OH is 1. The first-order valence-corrected chi connectivity index (χ1v) is 18.2. The van der Waals surface area contributed by atoms with Gasteiger partial charge in [0, 0.05) is 13.0 Å². The van der Waals surface area contributed by atoms with Crippen LogP contribution < -0.4 is 0 Å². The molecular formula is C39H70O4. The first kappa shape index (κ1) is 41.4. The van der Waals surface area contributed by atoms with E-state index in [1.165, 1.54) is 103 Å². The number of ether oxygens (including phenoxy) is 2. The van der Waals surface area contributed by atoms with Crippen LogP contribution >= 0.6 is 0 Å². The van der Waals surface area contributed by atoms with Crippen molar-refractivity contribution in [3.8, 4) is 0 Å². The summed E-state index contributed by atoms with van der Waals surface area (Å²) >= 11 is 0. The molecule has 250 valence electrons. The molecule has 0 bridgehead atoms. The first-order valence-electron chi connectivity index (χ1n) is 18.2. The number of rotatable bonds is 33. The molecule has 43 heavy (non-hydrogen) atoms. The number of hydrogen-bond acceptors (Lipinski definition) is 4. The van der Waals surface area contributed by atoms with Crippen molar-refractivity contribution in [2.24, 2.45) is 0 Å². The van der Waals surface area contributed by atoms with Crippen LogP contribution in [0.4, 0.5) is 0 Å². The second-order valence-corrected chi connectivity index (χ2v) is 11.9. The topological polar surface area (TPSA) is 55.8 Å². The molecule has 0 amide bonds. The Hall–Kier alpha value is -1.65. The molecule has 0 aliphatic heterocycles. The summed E-state index contributed by atoms with van der Waals surface area (Å²) in [5.74, 6) is -0.215. The van der Waals surface area contributed by atoms with Gasteiger partial charge in [0.05, 0.1) is 13.2 Å². The molecule has 0 radical (unpaired) electrons. The van der Waals surface area contributed by atoms with Gasteiger partial charge in [0.25, 0.3) is 0 Å². The fourth-order valence-corrected chi connectivity index (χ4v) is 4.92. The van der Waals surface area contributed by atoms with E-state index in [9.17, 15) is 9.90 Å². The minimum atomic E-state index is -0.541. The van der Waals surface area contributed by atoms with Gasteiger partial charge in [-0.3, -0.25) is 4.79 Å². The SMILES string of the molecule is CC/C=C\C/C=C\C/C=C\CCCCCCCCCCOCC(CO)OC(=O)CCCCCCC/C=C\CCCCCC. The summed E-state index contributed by atoms with van der Waals surface area (Å²) in [7, 11) is 0. The lowest BCUT2D eigenvalue weighted by atomic mass is 10.1. The van der Waals surface area contributed by atoms with E-state index in [0.29, 0.717) is 13.0 Å². The Morgan fingerprint density at radius 3 is 1.60 bits per heavy atom. The summed E-state index contributed by atoms with van der Waals surface area (Å²) in [4.78, 5) is 12.1. The van der Waals surface area contributed by atoms with Crippen LogP contribution in [0.5, 0.6) is 0 Å². The Labute approximate surface area is 267 Å². The molecule has 4 heteroatoms. The number of carbonyl (C=O) groups excluding carboxylic acids is 1. The van der Waals surface area contributed by atoms with Gasteiger partial charge >= 0.3 is 5.97 Å². The Bertz CT molecular complexity index is 679. The summed E-state index contributed by atoms with van der Waals surface area (Å²) in [5.41, 5.74) is 0. The van der Waals surface area contributed by atoms with Crippen molar-refractivity contribution in [1.29, 1.82) is 0 Å². The molecule has 0 aromatic rings. The molecule has 1 N–H and O–H groups in total. The molecule has 0 saturated carbocycles. The van der Waals surface area contributed by atoms with Crippen LogP contribution in [0.15, 0.2) is 48.6 Å². The summed E-state index contributed by atoms with van der Waals surface area (Å²) in [6, 6.07) is 0. The maximum atomic E-state index is 12.1. The van der Waals surface area contributed by atoms with Gasteiger partial charge < -0.3 is 14.6 Å². The van der Waals surface area contributed by atoms with Crippen molar-refractivity contribution in [1.82, 2.24) is 0 Å². The van der Waals surface area contributed by atoms with Gasteiger partial charge in [-0.2, -0.15) is 0 Å². The third kappa shape index (κ3) is 34.7. The van der Waals surface area contributed by atoms with E-state index in [4.69, 9.17) is 9.47 Å². The van der Waals surface area contributed by atoms with Crippen molar-refractivity contribution in [2.45, 2.75) is 174 Å². The highest BCUT2D eigenvalue weighted by Crippen LogP contribution is 2.12. The molecule has 0 aliphatic rings. The quantitative estimate of drug-likeness (QED) is 0.0461. The van der Waals surface area contributed by atoms with Gasteiger partial charge in [0.2, 0.25) is 0 Å². The van der Waals surface area contributed by atoms with Crippen LogP contribution in [0.25, 0.3) is 0 Å². The summed E-state index contributed by atoms with van der Waals surface area (Å²) in [6.07, 6.45) is 45.8. The number of hydrogen-bond donors (Lipinski definition) is 1. The zero-order valence-electron chi connectivity index (χ0n) is 28.5. The maximum Gasteiger partial charge on any atom is 0.306 e. The Morgan fingerprint density at radius 1 is 0.581 bits per heavy atom. The number of carbonyl (C=O) groups is 1. The molecule has 0 fully saturated rings. The predicted molar refractivity (Wildman–Crippen MR) is 187 cm³/mol. The van der Waals surface area contributed by atoms with Crippen LogP contribution in [0.3, 0.4) is 0 Å². The highest BCUT2D eigenvalue weighted by atomic mass is 16.6. The van der Waals surface area contributed by atoms with Crippen molar-refractivity contribution in [2.75, 3.05) is 19.8 Å². The zero-order valence-corrected chi connectivity index (χ0v) is 28.5. The third-order valence-corrected chi connectivity index (χ3v) is 7.64. The summed E-state index contributed by atoms with van der Waals surface area (Å²) in [6.45, 7) is 5.19. The highest BCUT2D eigenvalue weighted by Gasteiger charge is 2.13. The summed E-state index contributed by atoms with van der Waals surface area (Å²) < 4.78 is 11.1. The molecule has 0 saturated heterocycles. The summed E-state index contributed by atoms with van der Waals surface area (Å²) in [5, 5.41) is 9.55. The lowest BCUT2D eigenvalue weighted by Crippen LogP contribution is -2.27. The molecule has 0 aliphatic carbocycles. The smallest absolute Gasteiger partial charge is 0.306 e. The van der Waals surface area contributed by atoms with E-state index in [1.807, 2.05) is 0 Å². The maximum absolute atomic E-state index is 12.1. The van der Waals surface area contributed by atoms with Crippen molar-refractivity contribution in [3.63, 3.8) is 0 Å². The van der Waals surface area contributed by atoms with Crippen LogP contribution in [0.1, 0.15) is 168 Å². The van der Waals surface area contributed by atoms with Gasteiger partial charge in [-0.05, 0) is 70.6 Å². The lowest BCUT2D eigenvalue weighted by Gasteiger charge is -2.15. The number of aliphatic hydroxyl groups is 1. The van der Waals surface area contributed by atoms with Gasteiger partial charge in [0.15, 0.2) is 0 Å². The predicted octanol–water partition coefficient (Wildman–Crippen LogP) is 11.5. The van der Waals surface area contributed by atoms with Crippen LogP contribution in [-0.2, 0) is 14.3 Å². The Kier molecular flexibility index (Phi) is 35.1. The van der Waals surface area contributed by atoms with E-state index in [0.717, 1.165) is 44.9 Å². The lowest BCUT2D eigenvalue weighted by molar-refractivity contribution is -0.154. The molecule has 0 spiro atoms. The van der Waals surface area contributed by atoms with Gasteiger partial charge in [-0.1, -0.05) is 140 Å². The fourth-order valence-electron chi connectivity index (χ4n) is 4.92. The van der Waals surface area contributed by atoms with Crippen LogP contribution in [-0.4, -0.2) is 37.0 Å². The normalized spacial score (nSPS) is 12.9. The monoisotopic (exact) mass is 603 g/mol. The molecule has 0 aromatic carbocycles. The van der Waals surface area contributed by atoms with Gasteiger partial charge in [-0.25, -0.2) is 0 Å². The van der Waals surface area contributed by atoms with E-state index in [1.54, 1.807) is 0 Å². The Morgan fingerprint density at radius 2 is 1.05 bits per heavy atom. The Balaban J connectivity index is 3.47. The number of unbranched alkanes of at least 4 members (excludes halogenated alkanes) is 17. The van der Waals surface area contributed by atoms with Crippen molar-refractivity contribution < 1.29 is 19.4 Å². The number of allylic oxidation sites excluding steroid dienone is 8. The van der Waals surface area contributed by atoms with E-state index in [2.05, 4.69) is 62.5 Å². The average molecular weight is 603 g/mol. The van der Waals surface area contributed by atoms with E-state index in [-0.39, 0.29) is 19.2 Å². The van der Waals surface area contributed by atoms with Crippen molar-refractivity contribution in [3.05, 3.63) is 48.6 Å². The molecule has 0 heterocycles. The van der Waals surface area contributed by atoms with Gasteiger partial charge in [-0.15, -0.1) is 0 Å². The average Bonchev–Trinajstić information content (AvgIpc) is 3.01. The highest BCUT2D eigenvalue weighted by molar-refractivity contribution is 5.69. The second kappa shape index (κ2) is 36.5. The van der Waals surface area contributed by atoms with Crippen LogP contribution in [0, 0.1) is 0 Å². The molecule has 4 nitrogen and oxygen atoms in total. The zero-order chi connectivity index (χ0) is 31.3. The van der Waals surface area contributed by atoms with E-state index < -0.39 is 6.10 Å². The fraction of sp³-hybridized carbons (Fsp3) is 0.769. The van der Waals surface area contributed by atoms with E-state index >= 15 is 0 Å². The van der Waals surface area contributed by atoms with Gasteiger partial charge in [0.1, 0.15) is 6.10 Å². The molecular weight excluding hydrogens is 532 g/mol. The molecule has 1 unspecified atom stereocenters. The largest absolute Gasteiger partial charge is 0.457 e.